The molecule has 7 heteroatoms. The fourth-order valence-corrected chi connectivity index (χ4v) is 2.72. The molecule has 1 aromatic carbocycles. The van der Waals surface area contributed by atoms with Gasteiger partial charge in [0.25, 0.3) is 0 Å². The van der Waals surface area contributed by atoms with Crippen molar-refractivity contribution in [3.63, 3.8) is 0 Å². The predicted octanol–water partition coefficient (Wildman–Crippen LogP) is 2.90. The SMILES string of the molecule is Cc1c(N2CCN(C(=O)CCl)CC2)cccc1C(F)(F)F. The van der Waals surface area contributed by atoms with Gasteiger partial charge in [-0.15, -0.1) is 11.6 Å². The number of anilines is 1. The van der Waals surface area contributed by atoms with Gasteiger partial charge in [-0.1, -0.05) is 6.07 Å². The molecule has 0 aliphatic carbocycles. The molecule has 3 nitrogen and oxygen atoms in total. The minimum absolute atomic E-state index is 0.0669. The molecule has 1 saturated heterocycles. The van der Waals surface area contributed by atoms with Crippen LogP contribution >= 0.6 is 11.6 Å². The van der Waals surface area contributed by atoms with Crippen LogP contribution in [0.25, 0.3) is 0 Å². The highest BCUT2D eigenvalue weighted by Crippen LogP contribution is 2.35. The first-order chi connectivity index (χ1) is 9.84. The van der Waals surface area contributed by atoms with Crippen LogP contribution in [0.2, 0.25) is 0 Å². The van der Waals surface area contributed by atoms with Crippen molar-refractivity contribution in [1.29, 1.82) is 0 Å². The van der Waals surface area contributed by atoms with E-state index in [-0.39, 0.29) is 17.4 Å². The Labute approximate surface area is 126 Å². The molecule has 0 bridgehead atoms. The van der Waals surface area contributed by atoms with Gasteiger partial charge in [0.15, 0.2) is 0 Å². The third-order valence-corrected chi connectivity index (χ3v) is 3.93. The molecule has 1 heterocycles. The van der Waals surface area contributed by atoms with Crippen LogP contribution < -0.4 is 4.90 Å². The van der Waals surface area contributed by atoms with Crippen LogP contribution in [0.1, 0.15) is 11.1 Å². The summed E-state index contributed by atoms with van der Waals surface area (Å²) in [5.41, 5.74) is 0.184. The normalized spacial score (nSPS) is 16.2. The highest BCUT2D eigenvalue weighted by Gasteiger charge is 2.33. The summed E-state index contributed by atoms with van der Waals surface area (Å²) in [6, 6.07) is 4.19. The molecule has 0 spiro atoms. The van der Waals surface area contributed by atoms with Crippen LogP contribution in [-0.2, 0) is 11.0 Å². The second-order valence-corrected chi connectivity index (χ2v) is 5.22. The van der Waals surface area contributed by atoms with E-state index >= 15 is 0 Å². The lowest BCUT2D eigenvalue weighted by atomic mass is 10.0. The van der Waals surface area contributed by atoms with Crippen molar-refractivity contribution in [2.75, 3.05) is 37.0 Å². The summed E-state index contributed by atoms with van der Waals surface area (Å²) in [5.74, 6) is -0.208. The molecule has 1 fully saturated rings. The van der Waals surface area contributed by atoms with Gasteiger partial charge in [-0.2, -0.15) is 13.2 Å². The van der Waals surface area contributed by atoms with Crippen LogP contribution in [0.3, 0.4) is 0 Å². The molecule has 116 valence electrons. The summed E-state index contributed by atoms with van der Waals surface area (Å²) in [6.07, 6.45) is -4.35. The molecule has 0 N–H and O–H groups in total. The van der Waals surface area contributed by atoms with Crippen molar-refractivity contribution in [2.45, 2.75) is 13.1 Å². The second kappa shape index (κ2) is 6.13. The number of hydrogen-bond acceptors (Lipinski definition) is 2. The predicted molar refractivity (Wildman–Crippen MR) is 75.7 cm³/mol. The minimum Gasteiger partial charge on any atom is -0.368 e. The highest BCUT2D eigenvalue weighted by atomic mass is 35.5. The van der Waals surface area contributed by atoms with Gasteiger partial charge in [-0.05, 0) is 24.6 Å². The lowest BCUT2D eigenvalue weighted by Gasteiger charge is -2.37. The van der Waals surface area contributed by atoms with E-state index < -0.39 is 11.7 Å². The number of benzene rings is 1. The Morgan fingerprint density at radius 1 is 1.24 bits per heavy atom. The van der Waals surface area contributed by atoms with E-state index in [4.69, 9.17) is 11.6 Å². The molecule has 21 heavy (non-hydrogen) atoms. The van der Waals surface area contributed by atoms with E-state index in [0.29, 0.717) is 31.9 Å². The quantitative estimate of drug-likeness (QED) is 0.782. The van der Waals surface area contributed by atoms with Gasteiger partial charge < -0.3 is 9.80 Å². The molecule has 0 atom stereocenters. The standard InChI is InChI=1S/C14H16ClF3N2O/c1-10-11(14(16,17)18)3-2-4-12(10)19-5-7-20(8-6-19)13(21)9-15/h2-4H,5-9H2,1H3. The van der Waals surface area contributed by atoms with Crippen molar-refractivity contribution < 1.29 is 18.0 Å². The Bertz CT molecular complexity index is 525. The van der Waals surface area contributed by atoms with Crippen molar-refractivity contribution >= 4 is 23.2 Å². The molecule has 1 aliphatic heterocycles. The number of amides is 1. The van der Waals surface area contributed by atoms with Crippen molar-refractivity contribution in [3.8, 4) is 0 Å². The second-order valence-electron chi connectivity index (χ2n) is 4.95. The number of carbonyl (C=O) groups is 1. The van der Waals surface area contributed by atoms with Gasteiger partial charge in [-0.3, -0.25) is 4.79 Å². The molecule has 0 radical (unpaired) electrons. The molecule has 0 saturated carbocycles. The van der Waals surface area contributed by atoms with Gasteiger partial charge in [0.05, 0.1) is 5.56 Å². The topological polar surface area (TPSA) is 23.6 Å². The van der Waals surface area contributed by atoms with Gasteiger partial charge in [-0.25, -0.2) is 0 Å². The first-order valence-corrected chi connectivity index (χ1v) is 7.13. The average molecular weight is 321 g/mol. The number of carbonyl (C=O) groups excluding carboxylic acids is 1. The average Bonchev–Trinajstić information content (AvgIpc) is 2.45. The smallest absolute Gasteiger partial charge is 0.368 e. The summed E-state index contributed by atoms with van der Waals surface area (Å²) in [7, 11) is 0. The molecule has 1 amide bonds. The summed E-state index contributed by atoms with van der Waals surface area (Å²) in [4.78, 5) is 15.0. The van der Waals surface area contributed by atoms with Crippen LogP contribution in [0.15, 0.2) is 18.2 Å². The maximum atomic E-state index is 12.9. The van der Waals surface area contributed by atoms with Gasteiger partial charge in [0.2, 0.25) is 5.91 Å². The summed E-state index contributed by atoms with van der Waals surface area (Å²) < 4.78 is 38.8. The molecule has 1 aromatic rings. The first-order valence-electron chi connectivity index (χ1n) is 6.60. The van der Waals surface area contributed by atoms with Gasteiger partial charge >= 0.3 is 6.18 Å². The molecular weight excluding hydrogens is 305 g/mol. The molecule has 0 unspecified atom stereocenters. The van der Waals surface area contributed by atoms with Crippen molar-refractivity contribution in [1.82, 2.24) is 4.90 Å². The van der Waals surface area contributed by atoms with E-state index in [9.17, 15) is 18.0 Å². The summed E-state index contributed by atoms with van der Waals surface area (Å²) in [5, 5.41) is 0. The Kier molecular flexibility index (Phi) is 4.66. The fourth-order valence-electron chi connectivity index (χ4n) is 2.55. The molecule has 0 aromatic heterocycles. The summed E-state index contributed by atoms with van der Waals surface area (Å²) in [6.45, 7) is 3.44. The highest BCUT2D eigenvalue weighted by molar-refractivity contribution is 6.27. The number of rotatable bonds is 2. The fraction of sp³-hybridized carbons (Fsp3) is 0.500. The van der Waals surface area contributed by atoms with E-state index in [1.165, 1.54) is 13.0 Å². The number of nitrogens with zero attached hydrogens (tertiary/aromatic N) is 2. The van der Waals surface area contributed by atoms with E-state index in [2.05, 4.69) is 0 Å². The summed E-state index contributed by atoms with van der Waals surface area (Å²) >= 11 is 5.51. The third-order valence-electron chi connectivity index (χ3n) is 3.70. The largest absolute Gasteiger partial charge is 0.416 e. The van der Waals surface area contributed by atoms with Crippen LogP contribution in [0, 0.1) is 6.92 Å². The Balaban J connectivity index is 2.16. The van der Waals surface area contributed by atoms with Crippen molar-refractivity contribution in [3.05, 3.63) is 29.3 Å². The zero-order chi connectivity index (χ0) is 15.6. The lowest BCUT2D eigenvalue weighted by Crippen LogP contribution is -2.49. The number of alkyl halides is 4. The Hall–Kier alpha value is -1.43. The van der Waals surface area contributed by atoms with Crippen LogP contribution in [0.5, 0.6) is 0 Å². The maximum Gasteiger partial charge on any atom is 0.416 e. The number of piperazine rings is 1. The first kappa shape index (κ1) is 15.9. The molecular formula is C14H16ClF3N2O. The molecule has 2 rings (SSSR count). The van der Waals surface area contributed by atoms with E-state index in [1.807, 2.05) is 4.90 Å². The minimum atomic E-state index is -4.35. The van der Waals surface area contributed by atoms with Gasteiger partial charge in [0.1, 0.15) is 5.88 Å². The van der Waals surface area contributed by atoms with E-state index in [0.717, 1.165) is 6.07 Å². The Morgan fingerprint density at radius 2 is 1.86 bits per heavy atom. The Morgan fingerprint density at radius 3 is 2.38 bits per heavy atom. The van der Waals surface area contributed by atoms with Crippen LogP contribution in [0.4, 0.5) is 18.9 Å². The zero-order valence-electron chi connectivity index (χ0n) is 11.6. The number of hydrogen-bond donors (Lipinski definition) is 0. The molecule has 1 aliphatic rings. The number of halogens is 4. The lowest BCUT2D eigenvalue weighted by molar-refractivity contribution is -0.138. The van der Waals surface area contributed by atoms with Crippen molar-refractivity contribution in [2.24, 2.45) is 0 Å². The van der Waals surface area contributed by atoms with E-state index in [1.54, 1.807) is 11.0 Å². The third kappa shape index (κ3) is 3.43. The van der Waals surface area contributed by atoms with Gasteiger partial charge in [0, 0.05) is 31.9 Å². The zero-order valence-corrected chi connectivity index (χ0v) is 12.3. The maximum absolute atomic E-state index is 12.9. The monoisotopic (exact) mass is 320 g/mol. The van der Waals surface area contributed by atoms with Crippen LogP contribution in [-0.4, -0.2) is 42.9 Å².